The third-order valence-electron chi connectivity index (χ3n) is 0.471. The summed E-state index contributed by atoms with van der Waals surface area (Å²) in [6.45, 7) is 4.24. The van der Waals surface area contributed by atoms with E-state index in [9.17, 15) is 0 Å². The van der Waals surface area contributed by atoms with E-state index >= 15 is 0 Å². The van der Waals surface area contributed by atoms with Crippen molar-refractivity contribution in [1.82, 2.24) is 0 Å². The van der Waals surface area contributed by atoms with Crippen LogP contribution in [-0.2, 0) is 0 Å². The molecular weight excluding hydrogens is 192 g/mol. The lowest BCUT2D eigenvalue weighted by atomic mass is 10.2. The van der Waals surface area contributed by atoms with Crippen molar-refractivity contribution < 1.29 is 28.9 Å². The van der Waals surface area contributed by atoms with E-state index in [1.165, 1.54) is 0 Å². The normalized spacial score (nSPS) is 11.6. The summed E-state index contributed by atoms with van der Waals surface area (Å²) in [6, 6.07) is 0. The van der Waals surface area contributed by atoms with Gasteiger partial charge in [0.15, 0.2) is 0 Å². The van der Waals surface area contributed by atoms with Crippen molar-refractivity contribution in [1.29, 1.82) is 0 Å². The first-order valence-electron chi connectivity index (χ1n) is 2.71. The molecule has 0 aliphatic heterocycles. The van der Waals surface area contributed by atoms with Crippen LogP contribution in [-0.4, -0.2) is 4.66 Å². The number of hydrogen-bond acceptors (Lipinski definition) is 5. The van der Waals surface area contributed by atoms with E-state index in [1.807, 2.05) is 6.08 Å². The average molecular weight is 203 g/mol. The van der Waals surface area contributed by atoms with Crippen molar-refractivity contribution in [3.8, 4) is 0 Å². The summed E-state index contributed by atoms with van der Waals surface area (Å²) in [5.41, 5.74) is 0. The Morgan fingerprint density at radius 3 is 1.64 bits per heavy atom. The molecule has 1 N–H and O–H groups in total. The van der Waals surface area contributed by atoms with Crippen LogP contribution in [0, 0.1) is 16.2 Å². The van der Waals surface area contributed by atoms with Crippen molar-refractivity contribution in [2.24, 2.45) is 5.92 Å². The second kappa shape index (κ2) is 6.90. The molecular formula is C5H11ClO4S. The van der Waals surface area contributed by atoms with Crippen LogP contribution < -0.4 is 14.0 Å². The zero-order chi connectivity index (χ0) is 9.49. The summed E-state index contributed by atoms with van der Waals surface area (Å²) in [5, 5.41) is 1.77. The second-order valence-electron chi connectivity index (χ2n) is 1.98. The number of rotatable bonds is 1. The number of halogens is 1. The van der Waals surface area contributed by atoms with Crippen molar-refractivity contribution >= 4 is 12.6 Å². The Bertz CT molecular complexity index is 104. The fourth-order valence-corrected chi connectivity index (χ4v) is 0.516. The van der Waals surface area contributed by atoms with Gasteiger partial charge in [0.05, 0.1) is 14.9 Å². The maximum atomic E-state index is 8.60. The molecule has 0 radical (unpaired) electrons. The van der Waals surface area contributed by atoms with Gasteiger partial charge in [0.25, 0.3) is 0 Å². The summed E-state index contributed by atoms with van der Waals surface area (Å²) in [6.07, 6.45) is 2.03. The minimum Gasteiger partial charge on any atom is -0.183 e. The maximum Gasteiger partial charge on any atom is 0.0777 e. The molecule has 4 nitrogen and oxygen atoms in total. The standard InChI is InChI=1S/C5H10S.ClHO4/c1-5(2)3-4-6;2-1(3,4)5/h3-6H,1-2H3;(H,2,3,4,5). The van der Waals surface area contributed by atoms with Gasteiger partial charge in [-0.05, 0) is 11.3 Å². The highest BCUT2D eigenvalue weighted by atomic mass is 35.7. The van der Waals surface area contributed by atoms with Crippen molar-refractivity contribution in [2.75, 3.05) is 0 Å². The lowest BCUT2D eigenvalue weighted by Gasteiger charge is -2.03. The summed E-state index contributed by atoms with van der Waals surface area (Å²) in [7, 11) is -4.69. The lowest BCUT2D eigenvalue weighted by molar-refractivity contribution is -1.92. The molecule has 0 aromatic carbocycles. The molecule has 0 aromatic rings. The van der Waals surface area contributed by atoms with Crippen LogP contribution >= 0.6 is 12.6 Å². The first-order valence-corrected chi connectivity index (χ1v) is 4.49. The molecule has 0 unspecified atom stereocenters. The third-order valence-corrected chi connectivity index (χ3v) is 0.643. The molecule has 6 heteroatoms. The van der Waals surface area contributed by atoms with Gasteiger partial charge >= 0.3 is 0 Å². The third kappa shape index (κ3) is 66.6. The smallest absolute Gasteiger partial charge is 0.0777 e. The van der Waals surface area contributed by atoms with E-state index in [0.717, 1.165) is 0 Å². The summed E-state index contributed by atoms with van der Waals surface area (Å²) in [5.74, 6) is 0.641. The first-order chi connectivity index (χ1) is 4.77. The molecule has 0 bridgehead atoms. The minimum atomic E-state index is -4.69. The van der Waals surface area contributed by atoms with Gasteiger partial charge in [-0.15, -0.1) is 0 Å². The molecule has 68 valence electrons. The Balaban J connectivity index is 0. The summed E-state index contributed by atoms with van der Waals surface area (Å²) >= 11 is 3.88. The number of allylic oxidation sites excluding steroid dienone is 1. The molecule has 11 heavy (non-hydrogen) atoms. The highest BCUT2D eigenvalue weighted by Crippen LogP contribution is 1.92. The maximum absolute atomic E-state index is 8.60. The van der Waals surface area contributed by atoms with Crippen LogP contribution in [0.1, 0.15) is 13.8 Å². The van der Waals surface area contributed by atoms with E-state index in [0.29, 0.717) is 5.92 Å². The van der Waals surface area contributed by atoms with Crippen LogP contribution in [0.3, 0.4) is 0 Å². The predicted molar refractivity (Wildman–Crippen MR) is 35.2 cm³/mol. The molecule has 0 saturated heterocycles. The fourth-order valence-electron chi connectivity index (χ4n) is 0.172. The zero-order valence-electron chi connectivity index (χ0n) is 6.23. The highest BCUT2D eigenvalue weighted by Gasteiger charge is 1.98. The Kier molecular flexibility index (Phi) is 8.65. The molecule has 0 amide bonds. The van der Waals surface area contributed by atoms with Crippen LogP contribution in [0.4, 0.5) is 0 Å². The van der Waals surface area contributed by atoms with Gasteiger partial charge in [0.2, 0.25) is 0 Å². The van der Waals surface area contributed by atoms with Gasteiger partial charge in [-0.1, -0.05) is 19.9 Å². The van der Waals surface area contributed by atoms with Crippen LogP contribution in [0.25, 0.3) is 0 Å². The Morgan fingerprint density at radius 1 is 1.36 bits per heavy atom. The van der Waals surface area contributed by atoms with E-state index in [1.54, 1.807) is 5.41 Å². The van der Waals surface area contributed by atoms with E-state index < -0.39 is 10.2 Å². The molecule has 0 heterocycles. The predicted octanol–water partition coefficient (Wildman–Crippen LogP) is -2.04. The van der Waals surface area contributed by atoms with Gasteiger partial charge in [-0.2, -0.15) is 26.6 Å². The number of thiol groups is 1. The zero-order valence-corrected chi connectivity index (χ0v) is 7.88. The Labute approximate surface area is 73.3 Å². The summed E-state index contributed by atoms with van der Waals surface area (Å²) < 4.78 is 32.7. The minimum absolute atomic E-state index is 0.641. The van der Waals surface area contributed by atoms with Crippen LogP contribution in [0.15, 0.2) is 11.5 Å². The SMILES string of the molecule is CC(C)C=CS.[O-][Cl+3]([O-])([O-])O. The largest absolute Gasteiger partial charge is 0.183 e. The van der Waals surface area contributed by atoms with Crippen molar-refractivity contribution in [3.63, 3.8) is 0 Å². The Morgan fingerprint density at radius 2 is 1.64 bits per heavy atom. The highest BCUT2D eigenvalue weighted by molar-refractivity contribution is 7.83. The van der Waals surface area contributed by atoms with Gasteiger partial charge in [-0.3, -0.25) is 0 Å². The quantitative estimate of drug-likeness (QED) is 0.480. The molecule has 0 fully saturated rings. The van der Waals surface area contributed by atoms with Gasteiger partial charge < -0.3 is 0 Å². The fraction of sp³-hybridized carbons (Fsp3) is 0.600. The van der Waals surface area contributed by atoms with Crippen molar-refractivity contribution in [3.05, 3.63) is 11.5 Å². The topological polar surface area (TPSA) is 89.4 Å². The number of hydrogen-bond donors (Lipinski definition) is 2. The molecule has 0 aliphatic rings. The van der Waals surface area contributed by atoms with Gasteiger partial charge in [0.1, 0.15) is 0 Å². The molecule has 0 aromatic heterocycles. The first kappa shape index (κ1) is 13.8. The Hall–Kier alpha value is 0.220. The lowest BCUT2D eigenvalue weighted by Crippen LogP contribution is -2.58. The second-order valence-corrected chi connectivity index (χ2v) is 3.07. The van der Waals surface area contributed by atoms with Gasteiger partial charge in [-0.25, -0.2) is 0 Å². The molecule has 0 rings (SSSR count). The van der Waals surface area contributed by atoms with Crippen LogP contribution in [0.2, 0.25) is 0 Å². The monoisotopic (exact) mass is 202 g/mol. The van der Waals surface area contributed by atoms with E-state index in [4.69, 9.17) is 18.6 Å². The van der Waals surface area contributed by atoms with Gasteiger partial charge in [0, 0.05) is 0 Å². The molecule has 0 spiro atoms. The molecule has 0 aliphatic carbocycles. The molecule has 0 saturated carbocycles. The summed E-state index contributed by atoms with van der Waals surface area (Å²) in [4.78, 5) is 0. The van der Waals surface area contributed by atoms with Crippen molar-refractivity contribution in [2.45, 2.75) is 13.8 Å². The van der Waals surface area contributed by atoms with Crippen LogP contribution in [0.5, 0.6) is 0 Å². The average Bonchev–Trinajstić information content (AvgIpc) is 1.58. The van der Waals surface area contributed by atoms with E-state index in [-0.39, 0.29) is 0 Å². The molecule has 0 atom stereocenters. The van der Waals surface area contributed by atoms with E-state index in [2.05, 4.69) is 26.5 Å².